The average molecular weight is 594 g/mol. The van der Waals surface area contributed by atoms with Gasteiger partial charge in [-0.05, 0) is 67.3 Å². The van der Waals surface area contributed by atoms with E-state index in [1.807, 2.05) is 0 Å². The highest BCUT2D eigenvalue weighted by molar-refractivity contribution is 5.93. The number of ether oxygens (including phenoxy) is 2. The first-order valence-electron chi connectivity index (χ1n) is 12.6. The van der Waals surface area contributed by atoms with Gasteiger partial charge >= 0.3 is 18.4 Å². The Bertz CT molecular complexity index is 1290. The molecule has 2 heterocycles. The summed E-state index contributed by atoms with van der Waals surface area (Å²) in [5.41, 5.74) is -3.59. The molecule has 0 spiro atoms. The van der Waals surface area contributed by atoms with E-state index in [0.717, 1.165) is 29.2 Å². The molecule has 2 aromatic carbocycles. The van der Waals surface area contributed by atoms with E-state index in [9.17, 15) is 44.7 Å². The van der Waals surface area contributed by atoms with Gasteiger partial charge in [-0.15, -0.1) is 0 Å². The number of carbonyl (C=O) groups excluding carboxylic acids is 2. The van der Waals surface area contributed by atoms with Crippen molar-refractivity contribution in [3.05, 3.63) is 64.2 Å². The quantitative estimate of drug-likeness (QED) is 0.330. The SMILES string of the molecule is CC(=O)N(c1ccc(C(F)(F)F)cc1CN1C(=O)OC(c2cc(C(F)F)cc(C(F)(F)F)c2)C1C)C1CCOCC1. The minimum atomic E-state index is -4.96. The van der Waals surface area contributed by atoms with E-state index < -0.39 is 66.2 Å². The molecule has 2 fully saturated rings. The van der Waals surface area contributed by atoms with Gasteiger partial charge in [0.25, 0.3) is 6.43 Å². The number of nitrogens with zero attached hydrogens (tertiary/aromatic N) is 2. The summed E-state index contributed by atoms with van der Waals surface area (Å²) in [6.45, 7) is 2.81. The third kappa shape index (κ3) is 6.57. The maximum atomic E-state index is 13.6. The Morgan fingerprint density at radius 2 is 1.63 bits per heavy atom. The highest BCUT2D eigenvalue weighted by Crippen LogP contribution is 2.41. The molecule has 2 amide bonds. The summed E-state index contributed by atoms with van der Waals surface area (Å²) in [6.07, 6.45) is -14.6. The summed E-state index contributed by atoms with van der Waals surface area (Å²) in [7, 11) is 0. The first-order valence-corrected chi connectivity index (χ1v) is 12.6. The van der Waals surface area contributed by atoms with E-state index in [-0.39, 0.29) is 22.9 Å². The van der Waals surface area contributed by atoms with E-state index in [1.54, 1.807) is 0 Å². The smallest absolute Gasteiger partial charge is 0.416 e. The molecule has 0 aliphatic carbocycles. The molecule has 2 saturated heterocycles. The zero-order valence-electron chi connectivity index (χ0n) is 21.9. The van der Waals surface area contributed by atoms with Crippen molar-refractivity contribution in [1.82, 2.24) is 4.90 Å². The topological polar surface area (TPSA) is 59.1 Å². The molecule has 6 nitrogen and oxygen atoms in total. The van der Waals surface area contributed by atoms with E-state index in [4.69, 9.17) is 9.47 Å². The van der Waals surface area contributed by atoms with Crippen LogP contribution >= 0.6 is 0 Å². The van der Waals surface area contributed by atoms with Crippen LogP contribution in [0.3, 0.4) is 0 Å². The molecule has 2 aliphatic heterocycles. The van der Waals surface area contributed by atoms with Crippen LogP contribution in [-0.4, -0.2) is 42.2 Å². The lowest BCUT2D eigenvalue weighted by atomic mass is 9.97. The fourth-order valence-corrected chi connectivity index (χ4v) is 5.16. The Labute approximate surface area is 229 Å². The predicted molar refractivity (Wildman–Crippen MR) is 129 cm³/mol. The van der Waals surface area contributed by atoms with Crippen LogP contribution in [0, 0.1) is 0 Å². The molecule has 0 N–H and O–H groups in total. The number of hydrogen-bond acceptors (Lipinski definition) is 4. The van der Waals surface area contributed by atoms with Gasteiger partial charge in [-0.25, -0.2) is 13.6 Å². The second-order valence-corrected chi connectivity index (χ2v) is 9.93. The summed E-state index contributed by atoms with van der Waals surface area (Å²) in [5, 5.41) is 0. The Kier molecular flexibility index (Phi) is 8.53. The van der Waals surface area contributed by atoms with Crippen LogP contribution in [0.5, 0.6) is 0 Å². The number of amides is 2. The van der Waals surface area contributed by atoms with Gasteiger partial charge in [-0.2, -0.15) is 26.3 Å². The summed E-state index contributed by atoms with van der Waals surface area (Å²) >= 11 is 0. The predicted octanol–water partition coefficient (Wildman–Crippen LogP) is 7.28. The van der Waals surface area contributed by atoms with Crippen LogP contribution in [-0.2, 0) is 33.2 Å². The number of carbonyl (C=O) groups is 2. The van der Waals surface area contributed by atoms with Crippen molar-refractivity contribution in [3.8, 4) is 0 Å². The molecule has 0 bridgehead atoms. The summed E-state index contributed by atoms with van der Waals surface area (Å²) in [5.74, 6) is -0.448. The number of hydrogen-bond donors (Lipinski definition) is 0. The van der Waals surface area contributed by atoms with Crippen LogP contribution in [0.4, 0.5) is 45.6 Å². The molecule has 2 aliphatic rings. The maximum absolute atomic E-state index is 13.6. The highest BCUT2D eigenvalue weighted by Gasteiger charge is 2.43. The Balaban J connectivity index is 1.73. The van der Waals surface area contributed by atoms with Crippen LogP contribution in [0.2, 0.25) is 0 Å². The van der Waals surface area contributed by atoms with Gasteiger partial charge in [-0.3, -0.25) is 9.69 Å². The van der Waals surface area contributed by atoms with Crippen molar-refractivity contribution in [3.63, 3.8) is 0 Å². The average Bonchev–Trinajstić information content (AvgIpc) is 3.17. The van der Waals surface area contributed by atoms with Crippen molar-refractivity contribution in [2.75, 3.05) is 18.1 Å². The van der Waals surface area contributed by atoms with Crippen LogP contribution < -0.4 is 4.90 Å². The number of benzene rings is 2. The highest BCUT2D eigenvalue weighted by atomic mass is 19.4. The first kappa shape index (κ1) is 30.5. The van der Waals surface area contributed by atoms with Crippen LogP contribution in [0.25, 0.3) is 0 Å². The number of rotatable bonds is 6. The molecule has 41 heavy (non-hydrogen) atoms. The third-order valence-electron chi connectivity index (χ3n) is 7.18. The molecule has 0 aromatic heterocycles. The van der Waals surface area contributed by atoms with Gasteiger partial charge in [0, 0.05) is 37.4 Å². The standard InChI is InChI=1S/C27H26F8N2O4/c1-14-23(16-9-17(24(28)29)11-20(10-16)27(33,34)35)41-25(39)36(14)13-18-12-19(26(30,31)32)3-4-22(18)37(15(2)38)21-5-7-40-8-6-21/h3-4,9-12,14,21,23-24H,5-8,13H2,1-2H3. The molecule has 0 radical (unpaired) electrons. The fourth-order valence-electron chi connectivity index (χ4n) is 5.16. The Morgan fingerprint density at radius 1 is 1.00 bits per heavy atom. The van der Waals surface area contributed by atoms with Gasteiger partial charge < -0.3 is 14.4 Å². The van der Waals surface area contributed by atoms with Crippen molar-refractivity contribution in [2.24, 2.45) is 0 Å². The molecule has 0 saturated carbocycles. The van der Waals surface area contributed by atoms with Crippen molar-refractivity contribution in [1.29, 1.82) is 0 Å². The van der Waals surface area contributed by atoms with E-state index in [0.29, 0.717) is 38.2 Å². The second-order valence-electron chi connectivity index (χ2n) is 9.93. The lowest BCUT2D eigenvalue weighted by molar-refractivity contribution is -0.138. The van der Waals surface area contributed by atoms with E-state index in [1.165, 1.54) is 18.7 Å². The van der Waals surface area contributed by atoms with Crippen molar-refractivity contribution >= 4 is 17.7 Å². The number of anilines is 1. The second kappa shape index (κ2) is 11.5. The van der Waals surface area contributed by atoms with Gasteiger partial charge in [-0.1, -0.05) is 0 Å². The first-order chi connectivity index (χ1) is 19.1. The minimum Gasteiger partial charge on any atom is -0.439 e. The lowest BCUT2D eigenvalue weighted by Crippen LogP contribution is -2.43. The fraction of sp³-hybridized carbons (Fsp3) is 0.481. The van der Waals surface area contributed by atoms with Crippen LogP contribution in [0.1, 0.15) is 67.0 Å². The third-order valence-corrected chi connectivity index (χ3v) is 7.18. The lowest BCUT2D eigenvalue weighted by Gasteiger charge is -2.35. The van der Waals surface area contributed by atoms with Gasteiger partial charge in [0.2, 0.25) is 5.91 Å². The van der Waals surface area contributed by atoms with E-state index in [2.05, 4.69) is 0 Å². The summed E-state index contributed by atoms with van der Waals surface area (Å²) in [6, 6.07) is 3.01. The van der Waals surface area contributed by atoms with E-state index >= 15 is 0 Å². The van der Waals surface area contributed by atoms with Gasteiger partial charge in [0.15, 0.2) is 0 Å². The van der Waals surface area contributed by atoms with Crippen molar-refractivity contribution in [2.45, 2.75) is 70.2 Å². The number of cyclic esters (lactones) is 1. The molecule has 4 rings (SSSR count). The molecule has 14 heteroatoms. The zero-order valence-corrected chi connectivity index (χ0v) is 21.9. The van der Waals surface area contributed by atoms with Crippen LogP contribution in [0.15, 0.2) is 36.4 Å². The summed E-state index contributed by atoms with van der Waals surface area (Å²) in [4.78, 5) is 27.9. The monoisotopic (exact) mass is 594 g/mol. The molecule has 2 aromatic rings. The Morgan fingerprint density at radius 3 is 2.20 bits per heavy atom. The molecular formula is C27H26F8N2O4. The maximum Gasteiger partial charge on any atom is 0.416 e. The van der Waals surface area contributed by atoms with Crippen molar-refractivity contribution < 1.29 is 54.2 Å². The van der Waals surface area contributed by atoms with Gasteiger partial charge in [0.1, 0.15) is 6.10 Å². The minimum absolute atomic E-state index is 0.0525. The molecule has 2 atom stereocenters. The normalized spacial score (nSPS) is 20.5. The zero-order chi connectivity index (χ0) is 30.3. The molecule has 2 unspecified atom stereocenters. The number of alkyl halides is 8. The largest absolute Gasteiger partial charge is 0.439 e. The van der Waals surface area contributed by atoms with Gasteiger partial charge in [0.05, 0.1) is 23.7 Å². The number of halogens is 8. The Hall–Kier alpha value is -3.42. The molecule has 224 valence electrons. The molecular weight excluding hydrogens is 568 g/mol. The summed E-state index contributed by atoms with van der Waals surface area (Å²) < 4.78 is 119.